The van der Waals surface area contributed by atoms with E-state index in [0.29, 0.717) is 0 Å². The van der Waals surface area contributed by atoms with Crippen molar-refractivity contribution in [3.63, 3.8) is 0 Å². The normalized spacial score (nSPS) is 10.3. The maximum atomic E-state index is 13.2. The summed E-state index contributed by atoms with van der Waals surface area (Å²) in [4.78, 5) is 20.8. The van der Waals surface area contributed by atoms with Crippen LogP contribution < -0.4 is 10.6 Å². The van der Waals surface area contributed by atoms with Gasteiger partial charge in [0.25, 0.3) is 9.05 Å². The number of anilines is 2. The highest BCUT2D eigenvalue weighted by Crippen LogP contribution is 2.21. The van der Waals surface area contributed by atoms with Crippen LogP contribution in [0.15, 0.2) is 47.4 Å². The van der Waals surface area contributed by atoms with Crippen LogP contribution in [0.2, 0.25) is 0 Å². The second-order valence-corrected chi connectivity index (χ2v) is 7.49. The zero-order valence-electron chi connectivity index (χ0n) is 13.7. The number of halogens is 3. The Morgan fingerprint density at radius 3 is 1.81 bits per heavy atom. The maximum absolute atomic E-state index is 13.2. The number of benzene rings is 2. The van der Waals surface area contributed by atoms with E-state index >= 15 is 0 Å². The van der Waals surface area contributed by atoms with Gasteiger partial charge in [-0.2, -0.15) is 0 Å². The standard InChI is InChI=1S/C8H7ClFNO3S.C8H8FNO/c1-5(12)11-8-3-2-6(4-7(8)10)15(9,13)14;1-6(11)10-8-5-3-2-4-7(8)9/h2-4H,1H3,(H,11,12);2-5H,1H3,(H,10,11). The maximum Gasteiger partial charge on any atom is 0.261 e. The van der Waals surface area contributed by atoms with Crippen LogP contribution >= 0.6 is 10.7 Å². The van der Waals surface area contributed by atoms with Crippen LogP contribution in [0.25, 0.3) is 0 Å². The highest BCUT2D eigenvalue weighted by Gasteiger charge is 2.13. The van der Waals surface area contributed by atoms with Gasteiger partial charge in [0.05, 0.1) is 16.3 Å². The summed E-state index contributed by atoms with van der Waals surface area (Å²) in [5.74, 6) is -1.99. The number of carbonyl (C=O) groups excluding carboxylic acids is 2. The first-order chi connectivity index (χ1) is 12.0. The summed E-state index contributed by atoms with van der Waals surface area (Å²) in [5, 5.41) is 4.56. The minimum absolute atomic E-state index is 0.0911. The smallest absolute Gasteiger partial charge is 0.261 e. The van der Waals surface area contributed by atoms with Gasteiger partial charge in [0, 0.05) is 24.5 Å². The summed E-state index contributed by atoms with van der Waals surface area (Å²) in [7, 11) is 1.06. The zero-order valence-corrected chi connectivity index (χ0v) is 15.3. The average molecular weight is 405 g/mol. The van der Waals surface area contributed by atoms with Gasteiger partial charge in [-0.1, -0.05) is 12.1 Å². The third-order valence-electron chi connectivity index (χ3n) is 2.72. The molecular formula is C16H15ClF2N2O4S. The van der Waals surface area contributed by atoms with Crippen LogP contribution in [0, 0.1) is 11.6 Å². The first-order valence-corrected chi connectivity index (χ1v) is 9.35. The number of carbonyl (C=O) groups is 2. The molecule has 0 saturated heterocycles. The molecule has 0 aliphatic heterocycles. The average Bonchev–Trinajstić information content (AvgIpc) is 2.50. The third kappa shape index (κ3) is 7.16. The van der Waals surface area contributed by atoms with Crippen LogP contribution in [0.4, 0.5) is 20.2 Å². The fraction of sp³-hybridized carbons (Fsp3) is 0.125. The topological polar surface area (TPSA) is 92.3 Å². The van der Waals surface area contributed by atoms with Gasteiger partial charge >= 0.3 is 0 Å². The van der Waals surface area contributed by atoms with Crippen LogP contribution in [-0.4, -0.2) is 20.2 Å². The molecule has 140 valence electrons. The lowest BCUT2D eigenvalue weighted by molar-refractivity contribution is -0.115. The number of rotatable bonds is 3. The molecule has 2 aromatic rings. The summed E-state index contributed by atoms with van der Waals surface area (Å²) in [6, 6.07) is 9.02. The van der Waals surface area contributed by atoms with Gasteiger partial charge < -0.3 is 10.6 Å². The van der Waals surface area contributed by atoms with E-state index in [-0.39, 0.29) is 22.2 Å². The van der Waals surface area contributed by atoms with Crippen molar-refractivity contribution in [2.24, 2.45) is 0 Å². The Balaban J connectivity index is 0.000000273. The molecule has 2 rings (SSSR count). The molecule has 0 atom stereocenters. The summed E-state index contributed by atoms with van der Waals surface area (Å²) in [5.41, 5.74) is 0.131. The molecule has 2 N–H and O–H groups in total. The van der Waals surface area contributed by atoms with Crippen molar-refractivity contribution in [1.29, 1.82) is 0 Å². The van der Waals surface area contributed by atoms with E-state index in [2.05, 4.69) is 10.6 Å². The number of amides is 2. The molecule has 2 amide bonds. The fourth-order valence-electron chi connectivity index (χ4n) is 1.69. The molecule has 6 nitrogen and oxygen atoms in total. The Morgan fingerprint density at radius 2 is 1.38 bits per heavy atom. The minimum atomic E-state index is -3.95. The number of hydrogen-bond acceptors (Lipinski definition) is 4. The molecule has 10 heteroatoms. The Bertz CT molecular complexity index is 920. The molecular weight excluding hydrogens is 390 g/mol. The molecule has 0 spiro atoms. The molecule has 0 aromatic heterocycles. The summed E-state index contributed by atoms with van der Waals surface area (Å²) in [6.45, 7) is 2.55. The lowest BCUT2D eigenvalue weighted by atomic mass is 10.3. The zero-order chi connectivity index (χ0) is 19.9. The van der Waals surface area contributed by atoms with Crippen LogP contribution in [-0.2, 0) is 18.6 Å². The SMILES string of the molecule is CC(=O)Nc1ccc(S(=O)(=O)Cl)cc1F.CC(=O)Nc1ccccc1F. The van der Waals surface area contributed by atoms with Crippen LogP contribution in [0.1, 0.15) is 13.8 Å². The van der Waals surface area contributed by atoms with Gasteiger partial charge in [0.1, 0.15) is 11.6 Å². The van der Waals surface area contributed by atoms with E-state index in [9.17, 15) is 26.8 Å². The van der Waals surface area contributed by atoms with E-state index < -0.39 is 26.6 Å². The van der Waals surface area contributed by atoms with Crippen molar-refractivity contribution < 1.29 is 26.8 Å². The summed E-state index contributed by atoms with van der Waals surface area (Å²) < 4.78 is 47.6. The molecule has 2 aromatic carbocycles. The van der Waals surface area contributed by atoms with E-state index in [1.54, 1.807) is 12.1 Å². The monoisotopic (exact) mass is 404 g/mol. The van der Waals surface area contributed by atoms with Gasteiger partial charge in [-0.05, 0) is 30.3 Å². The van der Waals surface area contributed by atoms with Crippen molar-refractivity contribution in [1.82, 2.24) is 0 Å². The molecule has 0 fully saturated rings. The van der Waals surface area contributed by atoms with Gasteiger partial charge in [0.15, 0.2) is 0 Å². The third-order valence-corrected chi connectivity index (χ3v) is 4.07. The Hall–Kier alpha value is -2.52. The van der Waals surface area contributed by atoms with E-state index in [1.807, 2.05) is 0 Å². The Morgan fingerprint density at radius 1 is 0.885 bits per heavy atom. The Kier molecular flexibility index (Phi) is 7.66. The molecule has 0 aliphatic rings. The van der Waals surface area contributed by atoms with E-state index in [1.165, 1.54) is 26.0 Å². The highest BCUT2D eigenvalue weighted by atomic mass is 35.7. The molecule has 0 heterocycles. The highest BCUT2D eigenvalue weighted by molar-refractivity contribution is 8.13. The van der Waals surface area contributed by atoms with Gasteiger partial charge in [-0.3, -0.25) is 9.59 Å². The first kappa shape index (κ1) is 21.5. The van der Waals surface area contributed by atoms with Crippen LogP contribution in [0.5, 0.6) is 0 Å². The summed E-state index contributed by atoms with van der Waals surface area (Å²) >= 11 is 0. The van der Waals surface area contributed by atoms with Crippen molar-refractivity contribution in [3.05, 3.63) is 54.1 Å². The molecule has 0 saturated carbocycles. The number of para-hydroxylation sites is 1. The molecule has 0 aliphatic carbocycles. The predicted molar refractivity (Wildman–Crippen MR) is 94.4 cm³/mol. The van der Waals surface area contributed by atoms with Crippen molar-refractivity contribution in [3.8, 4) is 0 Å². The van der Waals surface area contributed by atoms with Gasteiger partial charge in [-0.25, -0.2) is 17.2 Å². The Labute approximate surface area is 153 Å². The number of hydrogen-bond donors (Lipinski definition) is 2. The van der Waals surface area contributed by atoms with E-state index in [0.717, 1.165) is 18.2 Å². The van der Waals surface area contributed by atoms with Crippen molar-refractivity contribution in [2.75, 3.05) is 10.6 Å². The quantitative estimate of drug-likeness (QED) is 0.766. The minimum Gasteiger partial charge on any atom is -0.324 e. The second-order valence-electron chi connectivity index (χ2n) is 4.92. The van der Waals surface area contributed by atoms with Crippen LogP contribution in [0.3, 0.4) is 0 Å². The molecule has 0 bridgehead atoms. The second kappa shape index (κ2) is 9.25. The van der Waals surface area contributed by atoms with E-state index in [4.69, 9.17) is 10.7 Å². The molecule has 0 unspecified atom stereocenters. The molecule has 0 radical (unpaired) electrons. The van der Waals surface area contributed by atoms with Crippen molar-refractivity contribution in [2.45, 2.75) is 18.7 Å². The first-order valence-electron chi connectivity index (χ1n) is 7.04. The van der Waals surface area contributed by atoms with Gasteiger partial charge in [0.2, 0.25) is 11.8 Å². The van der Waals surface area contributed by atoms with Crippen molar-refractivity contribution >= 4 is 42.9 Å². The van der Waals surface area contributed by atoms with Gasteiger partial charge in [-0.15, -0.1) is 0 Å². The predicted octanol–water partition coefficient (Wildman–Crippen LogP) is 3.50. The lowest BCUT2D eigenvalue weighted by Gasteiger charge is -2.04. The molecule has 26 heavy (non-hydrogen) atoms. The fourth-order valence-corrected chi connectivity index (χ4v) is 2.45. The lowest BCUT2D eigenvalue weighted by Crippen LogP contribution is -2.07. The largest absolute Gasteiger partial charge is 0.324 e. The number of nitrogens with one attached hydrogen (secondary N) is 2. The summed E-state index contributed by atoms with van der Waals surface area (Å²) in [6.07, 6.45) is 0.